The fourth-order valence-electron chi connectivity index (χ4n) is 4.46. The Bertz CT molecular complexity index is 423. The quantitative estimate of drug-likeness (QED) is 0.784. The molecule has 1 heteroatoms. The summed E-state index contributed by atoms with van der Waals surface area (Å²) in [6.07, 6.45) is 4.07. The third-order valence-electron chi connectivity index (χ3n) is 5.20. The second kappa shape index (κ2) is 4.94. The second-order valence-electron chi connectivity index (χ2n) is 6.51. The van der Waals surface area contributed by atoms with E-state index in [-0.39, 0.29) is 5.41 Å². The minimum atomic E-state index is 0.188. The Morgan fingerprint density at radius 1 is 1.11 bits per heavy atom. The predicted octanol–water partition coefficient (Wildman–Crippen LogP) is 4.29. The molecule has 0 aliphatic heterocycles. The van der Waals surface area contributed by atoms with Gasteiger partial charge in [0.05, 0.1) is 6.61 Å². The normalized spacial score (nSPS) is 30.7. The van der Waals surface area contributed by atoms with Gasteiger partial charge in [-0.2, -0.15) is 0 Å². The second-order valence-corrected chi connectivity index (χ2v) is 6.51. The molecule has 0 bridgehead atoms. The smallest absolute Gasteiger partial charge is 0.0533 e. The summed E-state index contributed by atoms with van der Waals surface area (Å²) in [4.78, 5) is 0. The summed E-state index contributed by atoms with van der Waals surface area (Å²) in [5, 5.41) is 0. The monoisotopic (exact) mass is 256 g/mol. The molecule has 0 aromatic heterocycles. The molecule has 2 aliphatic rings. The van der Waals surface area contributed by atoms with Crippen molar-refractivity contribution in [3.63, 3.8) is 0 Å². The van der Waals surface area contributed by atoms with Gasteiger partial charge in [0.15, 0.2) is 0 Å². The molecular weight excluding hydrogens is 232 g/mol. The van der Waals surface area contributed by atoms with Crippen molar-refractivity contribution >= 4 is 0 Å². The standard InChI is InChI=1S/C18H24O/c1-18(2)16(12-19-3)14-10-7-11-15(14)17(18)13-8-5-4-6-9-13/h4-6,8-9,14-15H,7,10-12H2,1-3H3. The summed E-state index contributed by atoms with van der Waals surface area (Å²) in [7, 11) is 1.83. The van der Waals surface area contributed by atoms with Gasteiger partial charge in [0.1, 0.15) is 0 Å². The highest BCUT2D eigenvalue weighted by atomic mass is 16.5. The van der Waals surface area contributed by atoms with Crippen molar-refractivity contribution in [3.05, 3.63) is 47.7 Å². The number of rotatable bonds is 3. The van der Waals surface area contributed by atoms with Crippen molar-refractivity contribution in [2.45, 2.75) is 33.1 Å². The third-order valence-corrected chi connectivity index (χ3v) is 5.20. The maximum Gasteiger partial charge on any atom is 0.0533 e. The van der Waals surface area contributed by atoms with Crippen LogP contribution >= 0.6 is 0 Å². The van der Waals surface area contributed by atoms with Crippen molar-refractivity contribution < 1.29 is 4.74 Å². The Morgan fingerprint density at radius 3 is 2.47 bits per heavy atom. The van der Waals surface area contributed by atoms with Crippen molar-refractivity contribution in [1.82, 2.24) is 0 Å². The van der Waals surface area contributed by atoms with Crippen molar-refractivity contribution in [1.29, 1.82) is 0 Å². The van der Waals surface area contributed by atoms with E-state index in [0.29, 0.717) is 0 Å². The largest absolute Gasteiger partial charge is 0.384 e. The average molecular weight is 256 g/mol. The highest BCUT2D eigenvalue weighted by Gasteiger charge is 2.57. The zero-order valence-electron chi connectivity index (χ0n) is 12.3. The van der Waals surface area contributed by atoms with E-state index in [1.165, 1.54) is 24.8 Å². The molecule has 2 atom stereocenters. The van der Waals surface area contributed by atoms with E-state index in [1.807, 2.05) is 7.11 Å². The van der Waals surface area contributed by atoms with E-state index in [2.05, 4.69) is 44.2 Å². The lowest BCUT2D eigenvalue weighted by Gasteiger charge is -2.34. The van der Waals surface area contributed by atoms with Gasteiger partial charge < -0.3 is 4.74 Å². The maximum atomic E-state index is 5.50. The first-order valence-electron chi connectivity index (χ1n) is 7.44. The minimum Gasteiger partial charge on any atom is -0.384 e. The number of hydrogen-bond acceptors (Lipinski definition) is 1. The highest BCUT2D eigenvalue weighted by molar-refractivity contribution is 5.45. The number of fused-ring (bicyclic) bond motifs is 1. The molecule has 2 saturated carbocycles. The molecule has 2 fully saturated rings. The van der Waals surface area contributed by atoms with Gasteiger partial charge in [0.25, 0.3) is 0 Å². The van der Waals surface area contributed by atoms with Crippen LogP contribution in [0.3, 0.4) is 0 Å². The van der Waals surface area contributed by atoms with Gasteiger partial charge >= 0.3 is 0 Å². The highest BCUT2D eigenvalue weighted by Crippen LogP contribution is 2.64. The molecule has 1 aromatic rings. The molecule has 2 radical (unpaired) electrons. The molecule has 0 saturated heterocycles. The predicted molar refractivity (Wildman–Crippen MR) is 78.5 cm³/mol. The molecular formula is C18H24O. The lowest BCUT2D eigenvalue weighted by atomic mass is 9.70. The molecule has 0 heterocycles. The molecule has 1 nitrogen and oxygen atoms in total. The molecule has 1 aromatic carbocycles. The molecule has 3 rings (SSSR count). The van der Waals surface area contributed by atoms with Crippen LogP contribution in [-0.4, -0.2) is 13.7 Å². The van der Waals surface area contributed by atoms with E-state index < -0.39 is 0 Å². The third kappa shape index (κ3) is 2.03. The van der Waals surface area contributed by atoms with Gasteiger partial charge in [-0.05, 0) is 35.7 Å². The topological polar surface area (TPSA) is 9.23 Å². The van der Waals surface area contributed by atoms with Crippen LogP contribution in [0.25, 0.3) is 0 Å². The lowest BCUT2D eigenvalue weighted by Crippen LogP contribution is -2.28. The van der Waals surface area contributed by atoms with Crippen LogP contribution in [0.15, 0.2) is 30.3 Å². The Kier molecular flexibility index (Phi) is 3.42. The molecule has 102 valence electrons. The fourth-order valence-corrected chi connectivity index (χ4v) is 4.46. The van der Waals surface area contributed by atoms with Gasteiger partial charge in [0.2, 0.25) is 0 Å². The minimum absolute atomic E-state index is 0.188. The molecule has 2 unspecified atom stereocenters. The number of benzene rings is 1. The number of methoxy groups -OCH3 is 1. The van der Waals surface area contributed by atoms with Crippen LogP contribution in [0, 0.1) is 29.1 Å². The van der Waals surface area contributed by atoms with Crippen molar-refractivity contribution in [2.75, 3.05) is 13.7 Å². The van der Waals surface area contributed by atoms with E-state index in [0.717, 1.165) is 18.4 Å². The molecule has 0 amide bonds. The van der Waals surface area contributed by atoms with Gasteiger partial charge in [-0.3, -0.25) is 0 Å². The van der Waals surface area contributed by atoms with Crippen LogP contribution < -0.4 is 0 Å². The summed E-state index contributed by atoms with van der Waals surface area (Å²) >= 11 is 0. The Morgan fingerprint density at radius 2 is 1.79 bits per heavy atom. The Balaban J connectivity index is 1.98. The zero-order valence-corrected chi connectivity index (χ0v) is 12.3. The summed E-state index contributed by atoms with van der Waals surface area (Å²) in [5.41, 5.74) is 1.63. The van der Waals surface area contributed by atoms with Gasteiger partial charge in [-0.15, -0.1) is 0 Å². The van der Waals surface area contributed by atoms with Crippen LogP contribution in [0.5, 0.6) is 0 Å². The summed E-state index contributed by atoms with van der Waals surface area (Å²) in [6, 6.07) is 11.0. The molecule has 19 heavy (non-hydrogen) atoms. The Hall–Kier alpha value is -0.820. The maximum absolute atomic E-state index is 5.50. The van der Waals surface area contributed by atoms with Crippen molar-refractivity contribution in [2.24, 2.45) is 17.3 Å². The average Bonchev–Trinajstić information content (AvgIpc) is 2.92. The van der Waals surface area contributed by atoms with Crippen molar-refractivity contribution in [3.8, 4) is 0 Å². The van der Waals surface area contributed by atoms with E-state index in [1.54, 1.807) is 11.8 Å². The Labute approximate surface area is 117 Å². The van der Waals surface area contributed by atoms with E-state index in [4.69, 9.17) is 4.74 Å². The van der Waals surface area contributed by atoms with Crippen LogP contribution in [0.1, 0.15) is 38.7 Å². The zero-order chi connectivity index (χ0) is 13.5. The first kappa shape index (κ1) is 13.2. The lowest BCUT2D eigenvalue weighted by molar-refractivity contribution is 0.174. The van der Waals surface area contributed by atoms with Crippen LogP contribution in [0.2, 0.25) is 0 Å². The SMILES string of the molecule is COC[C]1C2CCCC2[C](c2ccccc2)C1(C)C. The molecule has 2 aliphatic carbocycles. The molecule has 0 N–H and O–H groups in total. The van der Waals surface area contributed by atoms with Crippen LogP contribution in [0.4, 0.5) is 0 Å². The molecule has 0 spiro atoms. The number of ether oxygens (including phenoxy) is 1. The van der Waals surface area contributed by atoms with Gasteiger partial charge in [-0.1, -0.05) is 50.6 Å². The summed E-state index contributed by atoms with van der Waals surface area (Å²) < 4.78 is 5.50. The van der Waals surface area contributed by atoms with Gasteiger partial charge in [-0.25, -0.2) is 0 Å². The fraction of sp³-hybridized carbons (Fsp3) is 0.556. The van der Waals surface area contributed by atoms with E-state index in [9.17, 15) is 0 Å². The first-order chi connectivity index (χ1) is 9.16. The summed E-state index contributed by atoms with van der Waals surface area (Å²) in [6.45, 7) is 5.61. The summed E-state index contributed by atoms with van der Waals surface area (Å²) in [5.74, 6) is 4.78. The van der Waals surface area contributed by atoms with Gasteiger partial charge in [0, 0.05) is 18.9 Å². The van der Waals surface area contributed by atoms with Crippen LogP contribution in [-0.2, 0) is 4.74 Å². The van der Waals surface area contributed by atoms with E-state index >= 15 is 0 Å². The first-order valence-corrected chi connectivity index (χ1v) is 7.44. The number of hydrogen-bond donors (Lipinski definition) is 0.